The third kappa shape index (κ3) is 3.09. The molecular formula is C22H26O2. The van der Waals surface area contributed by atoms with Gasteiger partial charge >= 0.3 is 0 Å². The zero-order valence-corrected chi connectivity index (χ0v) is 15.5. The molecule has 0 amide bonds. The van der Waals surface area contributed by atoms with Crippen molar-refractivity contribution in [2.24, 2.45) is 0 Å². The van der Waals surface area contributed by atoms with Gasteiger partial charge in [0, 0.05) is 0 Å². The van der Waals surface area contributed by atoms with Gasteiger partial charge in [-0.15, -0.1) is 0 Å². The van der Waals surface area contributed by atoms with Gasteiger partial charge in [0.15, 0.2) is 0 Å². The predicted molar refractivity (Wildman–Crippen MR) is 102 cm³/mol. The van der Waals surface area contributed by atoms with Crippen LogP contribution in [0.5, 0.6) is 11.5 Å². The molecular weight excluding hydrogens is 296 g/mol. The first kappa shape index (κ1) is 17.9. The summed E-state index contributed by atoms with van der Waals surface area (Å²) in [5, 5.41) is 0. The fourth-order valence-electron chi connectivity index (χ4n) is 3.06. The van der Waals surface area contributed by atoms with Gasteiger partial charge in [0.05, 0.1) is 14.2 Å². The van der Waals surface area contributed by atoms with E-state index in [0.717, 1.165) is 28.2 Å². The molecule has 0 saturated heterocycles. The van der Waals surface area contributed by atoms with Gasteiger partial charge in [0.25, 0.3) is 0 Å². The maximum absolute atomic E-state index is 5.44. The minimum Gasteiger partial charge on any atom is -0.496 e. The number of hydrogen-bond donors (Lipinski definition) is 0. The molecule has 0 aliphatic rings. The van der Waals surface area contributed by atoms with Gasteiger partial charge in [-0.25, -0.2) is 0 Å². The lowest BCUT2D eigenvalue weighted by atomic mass is 9.88. The molecule has 24 heavy (non-hydrogen) atoms. The molecule has 2 heteroatoms. The van der Waals surface area contributed by atoms with Crippen molar-refractivity contribution in [1.82, 2.24) is 0 Å². The van der Waals surface area contributed by atoms with Gasteiger partial charge in [0.1, 0.15) is 11.5 Å². The molecule has 0 N–H and O–H groups in total. The molecule has 0 aromatic heterocycles. The highest BCUT2D eigenvalue weighted by atomic mass is 16.5. The monoisotopic (exact) mass is 322 g/mol. The maximum Gasteiger partial charge on any atom is 0.122 e. The quantitative estimate of drug-likeness (QED) is 0.671. The first-order valence-corrected chi connectivity index (χ1v) is 8.08. The summed E-state index contributed by atoms with van der Waals surface area (Å²) in [5.74, 6) is 1.83. The summed E-state index contributed by atoms with van der Waals surface area (Å²) in [6.45, 7) is 12.4. The molecule has 0 atom stereocenters. The van der Waals surface area contributed by atoms with Crippen LogP contribution >= 0.6 is 0 Å². The number of benzene rings is 2. The Morgan fingerprint density at radius 3 is 1.50 bits per heavy atom. The lowest BCUT2D eigenvalue weighted by molar-refractivity contribution is 0.411. The van der Waals surface area contributed by atoms with Crippen LogP contribution in [0.25, 0.3) is 5.57 Å². The lowest BCUT2D eigenvalue weighted by Gasteiger charge is -2.19. The predicted octanol–water partition coefficient (Wildman–Crippen LogP) is 5.56. The topological polar surface area (TPSA) is 18.5 Å². The minimum absolute atomic E-state index is 0.914. The number of hydrogen-bond acceptors (Lipinski definition) is 2. The van der Waals surface area contributed by atoms with Crippen LogP contribution in [0.1, 0.15) is 33.4 Å². The summed E-state index contributed by atoms with van der Waals surface area (Å²) < 4.78 is 10.9. The molecule has 2 rings (SSSR count). The summed E-state index contributed by atoms with van der Waals surface area (Å²) in [5.41, 5.74) is 8.31. The van der Waals surface area contributed by atoms with Crippen LogP contribution in [-0.2, 0) is 0 Å². The Labute approximate surface area is 145 Å². The smallest absolute Gasteiger partial charge is 0.122 e. The van der Waals surface area contributed by atoms with Gasteiger partial charge in [-0.3, -0.25) is 0 Å². The van der Waals surface area contributed by atoms with E-state index in [9.17, 15) is 0 Å². The molecule has 0 fully saturated rings. The van der Waals surface area contributed by atoms with Crippen LogP contribution in [0, 0.1) is 27.7 Å². The first-order valence-electron chi connectivity index (χ1n) is 8.08. The van der Waals surface area contributed by atoms with Crippen LogP contribution < -0.4 is 9.47 Å². The maximum atomic E-state index is 5.44. The van der Waals surface area contributed by atoms with Gasteiger partial charge < -0.3 is 9.47 Å². The van der Waals surface area contributed by atoms with E-state index in [4.69, 9.17) is 9.47 Å². The van der Waals surface area contributed by atoms with E-state index in [1.165, 1.54) is 22.3 Å². The van der Waals surface area contributed by atoms with Crippen molar-refractivity contribution >= 4 is 5.57 Å². The second-order valence-electron chi connectivity index (χ2n) is 5.95. The molecule has 126 valence electrons. The molecule has 0 aliphatic heterocycles. The Balaban J connectivity index is 2.70. The molecule has 0 aliphatic carbocycles. The second-order valence-corrected chi connectivity index (χ2v) is 5.95. The molecule has 0 bridgehead atoms. The Hall–Kier alpha value is -2.48. The fourth-order valence-corrected chi connectivity index (χ4v) is 3.06. The van der Waals surface area contributed by atoms with Crippen LogP contribution in [-0.4, -0.2) is 14.2 Å². The van der Waals surface area contributed by atoms with Crippen molar-refractivity contribution in [1.29, 1.82) is 0 Å². The van der Waals surface area contributed by atoms with Gasteiger partial charge in [-0.05, 0) is 78.8 Å². The van der Waals surface area contributed by atoms with Crippen LogP contribution in [0.15, 0.2) is 43.0 Å². The Morgan fingerprint density at radius 2 is 1.17 bits per heavy atom. The highest BCUT2D eigenvalue weighted by Gasteiger charge is 2.15. The largest absolute Gasteiger partial charge is 0.496 e. The number of ether oxygens (including phenoxy) is 2. The van der Waals surface area contributed by atoms with Gasteiger partial charge in [-0.2, -0.15) is 0 Å². The molecule has 0 spiro atoms. The Bertz CT molecular complexity index is 737. The van der Waals surface area contributed by atoms with Crippen molar-refractivity contribution in [3.05, 3.63) is 76.4 Å². The SMILES string of the molecule is C=CC=C(c1ccc(OC)c(C)c1C)c1ccc(OC)c(C)c1C. The second kappa shape index (κ2) is 7.39. The number of methoxy groups -OCH3 is 2. The van der Waals surface area contributed by atoms with E-state index in [1.807, 2.05) is 18.2 Å². The summed E-state index contributed by atoms with van der Waals surface area (Å²) in [6.07, 6.45) is 3.91. The van der Waals surface area contributed by atoms with Gasteiger partial charge in [-0.1, -0.05) is 30.9 Å². The zero-order chi connectivity index (χ0) is 17.9. The Kier molecular flexibility index (Phi) is 5.50. The molecule has 0 saturated carbocycles. The van der Waals surface area contributed by atoms with E-state index in [-0.39, 0.29) is 0 Å². The standard InChI is InChI=1S/C22H26O2/c1-8-9-20(18-10-12-21(23-6)16(4)14(18)2)19-11-13-22(24-7)17(5)15(19)3/h8-13H,1H2,2-7H3. The van der Waals surface area contributed by atoms with E-state index in [1.54, 1.807) is 14.2 Å². The third-order valence-electron chi connectivity index (χ3n) is 4.78. The van der Waals surface area contributed by atoms with Crippen molar-refractivity contribution < 1.29 is 9.47 Å². The fraction of sp³-hybridized carbons (Fsp3) is 0.273. The molecule has 0 unspecified atom stereocenters. The number of allylic oxidation sites excluding steroid dienone is 2. The molecule has 2 aromatic carbocycles. The highest BCUT2D eigenvalue weighted by molar-refractivity contribution is 5.85. The normalized spacial score (nSPS) is 10.2. The van der Waals surface area contributed by atoms with Crippen molar-refractivity contribution in [3.8, 4) is 11.5 Å². The van der Waals surface area contributed by atoms with Crippen molar-refractivity contribution in [2.45, 2.75) is 27.7 Å². The summed E-state index contributed by atoms with van der Waals surface area (Å²) in [7, 11) is 3.41. The molecule has 2 aromatic rings. The molecule has 0 heterocycles. The minimum atomic E-state index is 0.914. The zero-order valence-electron chi connectivity index (χ0n) is 15.5. The van der Waals surface area contributed by atoms with Crippen LogP contribution in [0.4, 0.5) is 0 Å². The Morgan fingerprint density at radius 1 is 0.750 bits per heavy atom. The van der Waals surface area contributed by atoms with Crippen molar-refractivity contribution in [2.75, 3.05) is 14.2 Å². The molecule has 2 nitrogen and oxygen atoms in total. The summed E-state index contributed by atoms with van der Waals surface area (Å²) >= 11 is 0. The summed E-state index contributed by atoms with van der Waals surface area (Å²) in [4.78, 5) is 0. The average molecular weight is 322 g/mol. The summed E-state index contributed by atoms with van der Waals surface area (Å²) in [6, 6.07) is 8.30. The van der Waals surface area contributed by atoms with Crippen LogP contribution in [0.2, 0.25) is 0 Å². The highest BCUT2D eigenvalue weighted by Crippen LogP contribution is 2.35. The third-order valence-corrected chi connectivity index (χ3v) is 4.78. The van der Waals surface area contributed by atoms with Crippen LogP contribution in [0.3, 0.4) is 0 Å². The average Bonchev–Trinajstić information content (AvgIpc) is 2.58. The van der Waals surface area contributed by atoms with E-state index >= 15 is 0 Å². The van der Waals surface area contributed by atoms with E-state index in [0.29, 0.717) is 0 Å². The van der Waals surface area contributed by atoms with E-state index in [2.05, 4.69) is 52.5 Å². The molecule has 0 radical (unpaired) electrons. The van der Waals surface area contributed by atoms with Crippen molar-refractivity contribution in [3.63, 3.8) is 0 Å². The number of rotatable bonds is 5. The lowest BCUT2D eigenvalue weighted by Crippen LogP contribution is -2.00. The van der Waals surface area contributed by atoms with E-state index < -0.39 is 0 Å². The first-order chi connectivity index (χ1) is 11.5. The van der Waals surface area contributed by atoms with Gasteiger partial charge in [0.2, 0.25) is 0 Å².